The van der Waals surface area contributed by atoms with Crippen LogP contribution in [0.3, 0.4) is 0 Å². The highest BCUT2D eigenvalue weighted by atomic mass is 32.2. The number of benzene rings is 2. The Labute approximate surface area is 206 Å². The number of anilines is 1. The average molecular weight is 500 g/mol. The van der Waals surface area contributed by atoms with Crippen LogP contribution in [0, 0.1) is 12.0 Å². The molecular formula is C25H31N4O5S. The van der Waals surface area contributed by atoms with Gasteiger partial charge in [0, 0.05) is 31.5 Å². The van der Waals surface area contributed by atoms with Crippen molar-refractivity contribution in [2.45, 2.75) is 38.5 Å². The maximum Gasteiger partial charge on any atom is 0.344 e. The highest BCUT2D eigenvalue weighted by molar-refractivity contribution is 7.91. The first-order chi connectivity index (χ1) is 16.6. The summed E-state index contributed by atoms with van der Waals surface area (Å²) < 4.78 is 40.7. The molecule has 9 nitrogen and oxygen atoms in total. The summed E-state index contributed by atoms with van der Waals surface area (Å²) in [5.74, 6) is 1.29. The van der Waals surface area contributed by atoms with Crippen LogP contribution in [0.1, 0.15) is 44.2 Å². The second kappa shape index (κ2) is 9.77. The van der Waals surface area contributed by atoms with E-state index in [-0.39, 0.29) is 23.1 Å². The number of nitrogens with one attached hydrogen (secondary N) is 1. The Morgan fingerprint density at radius 3 is 2.83 bits per heavy atom. The highest BCUT2D eigenvalue weighted by Crippen LogP contribution is 2.32. The van der Waals surface area contributed by atoms with Gasteiger partial charge in [0.1, 0.15) is 11.5 Å². The molecule has 35 heavy (non-hydrogen) atoms. The van der Waals surface area contributed by atoms with Crippen LogP contribution in [0.4, 0.5) is 5.69 Å². The number of rotatable bonds is 7. The van der Waals surface area contributed by atoms with E-state index >= 15 is 0 Å². The molecule has 1 fully saturated rings. The Morgan fingerprint density at radius 1 is 1.31 bits per heavy atom. The monoisotopic (exact) mass is 499 g/mol. The van der Waals surface area contributed by atoms with Crippen molar-refractivity contribution >= 4 is 27.6 Å². The second-order valence-corrected chi connectivity index (χ2v) is 10.9. The molecule has 1 saturated heterocycles. The molecular weight excluding hydrogens is 468 g/mol. The highest BCUT2D eigenvalue weighted by Gasteiger charge is 2.31. The molecule has 2 aromatic rings. The zero-order chi connectivity index (χ0) is 25.2. The number of methoxy groups -OCH3 is 1. The third-order valence-electron chi connectivity index (χ3n) is 6.46. The van der Waals surface area contributed by atoms with Gasteiger partial charge >= 0.3 is 10.2 Å². The van der Waals surface area contributed by atoms with Crippen molar-refractivity contribution in [2.24, 2.45) is 16.0 Å². The minimum atomic E-state index is -3.85. The fraction of sp³-hybridized carbons (Fsp3) is 0.440. The normalized spacial score (nSPS) is 19.2. The van der Waals surface area contributed by atoms with Crippen LogP contribution in [-0.4, -0.2) is 51.9 Å². The van der Waals surface area contributed by atoms with Crippen molar-refractivity contribution in [2.75, 3.05) is 31.5 Å². The van der Waals surface area contributed by atoms with Crippen LogP contribution in [0.5, 0.6) is 11.5 Å². The number of amidine groups is 1. The van der Waals surface area contributed by atoms with Crippen molar-refractivity contribution < 1.29 is 22.7 Å². The van der Waals surface area contributed by atoms with Crippen molar-refractivity contribution in [1.29, 1.82) is 0 Å². The van der Waals surface area contributed by atoms with Gasteiger partial charge in [0.2, 0.25) is 5.91 Å². The molecule has 1 atom stereocenters. The minimum Gasteiger partial charge on any atom is -0.496 e. The number of fused-ring (bicyclic) bond motifs is 1. The van der Waals surface area contributed by atoms with Gasteiger partial charge in [-0.05, 0) is 48.1 Å². The number of likely N-dealkylation sites (tertiary alicyclic amines) is 1. The molecule has 1 amide bonds. The van der Waals surface area contributed by atoms with E-state index in [1.807, 2.05) is 23.1 Å². The first-order valence-electron chi connectivity index (χ1n) is 11.6. The topological polar surface area (TPSA) is 123 Å². The molecule has 2 heterocycles. The van der Waals surface area contributed by atoms with E-state index in [0.717, 1.165) is 24.9 Å². The standard InChI is InChI=1S/C25H31N4O5S/c1-25(2,18-9-11-19(33-3)12-10-18)14-22(30)29-13-5-6-17(15-29)16-34-21-8-4-7-20-23(21)24(26)28-35(31,32)27-20/h4,7-11,17,27H,5-6,13-16H2,1-3H3,(H2,26,28)/t17-/m0/s1. The van der Waals surface area contributed by atoms with E-state index in [0.29, 0.717) is 42.3 Å². The van der Waals surface area contributed by atoms with Gasteiger partial charge in [0.05, 0.1) is 25.0 Å². The number of piperidine rings is 1. The second-order valence-electron chi connectivity index (χ2n) is 9.60. The molecule has 0 spiro atoms. The summed E-state index contributed by atoms with van der Waals surface area (Å²) in [7, 11) is -2.24. The van der Waals surface area contributed by atoms with Crippen LogP contribution >= 0.6 is 0 Å². The number of nitrogens with two attached hydrogens (primary N) is 1. The Balaban J connectivity index is 1.38. The molecule has 0 unspecified atom stereocenters. The zero-order valence-electron chi connectivity index (χ0n) is 20.2. The lowest BCUT2D eigenvalue weighted by molar-refractivity contribution is -0.134. The van der Waals surface area contributed by atoms with E-state index in [9.17, 15) is 13.2 Å². The first-order valence-corrected chi connectivity index (χ1v) is 13.0. The lowest BCUT2D eigenvalue weighted by Crippen LogP contribution is -2.43. The van der Waals surface area contributed by atoms with E-state index in [4.69, 9.17) is 15.2 Å². The molecule has 10 heteroatoms. The molecule has 0 saturated carbocycles. The summed E-state index contributed by atoms with van der Waals surface area (Å²) in [6.45, 7) is 5.84. The fourth-order valence-corrected chi connectivity index (χ4v) is 5.37. The van der Waals surface area contributed by atoms with Crippen LogP contribution in [0.15, 0.2) is 40.8 Å². The van der Waals surface area contributed by atoms with Gasteiger partial charge < -0.3 is 20.1 Å². The molecule has 2 aromatic carbocycles. The predicted molar refractivity (Wildman–Crippen MR) is 134 cm³/mol. The van der Waals surface area contributed by atoms with E-state index < -0.39 is 10.2 Å². The third kappa shape index (κ3) is 5.70. The summed E-state index contributed by atoms with van der Waals surface area (Å²) >= 11 is 0. The Morgan fingerprint density at radius 2 is 2.11 bits per heavy atom. The summed E-state index contributed by atoms with van der Waals surface area (Å²) in [4.78, 5) is 15.1. The third-order valence-corrected chi connectivity index (χ3v) is 7.38. The molecule has 3 N–H and O–H groups in total. The van der Waals surface area contributed by atoms with Gasteiger partial charge in [-0.3, -0.25) is 9.52 Å². The van der Waals surface area contributed by atoms with Crippen LogP contribution < -0.4 is 19.9 Å². The summed E-state index contributed by atoms with van der Waals surface area (Å²) in [6.07, 6.45) is 2.22. The van der Waals surface area contributed by atoms with Crippen LogP contribution in [-0.2, 0) is 20.4 Å². The van der Waals surface area contributed by atoms with Gasteiger partial charge in [-0.2, -0.15) is 8.42 Å². The molecule has 4 rings (SSSR count). The van der Waals surface area contributed by atoms with Crippen molar-refractivity contribution in [1.82, 2.24) is 4.90 Å². The Kier molecular flexibility index (Phi) is 6.93. The van der Waals surface area contributed by atoms with Crippen molar-refractivity contribution in [3.8, 4) is 11.5 Å². The van der Waals surface area contributed by atoms with Crippen LogP contribution in [0.25, 0.3) is 0 Å². The number of carbonyl (C=O) groups is 1. The average Bonchev–Trinajstić information content (AvgIpc) is 2.81. The molecule has 187 valence electrons. The lowest BCUT2D eigenvalue weighted by Gasteiger charge is -2.35. The van der Waals surface area contributed by atoms with Gasteiger partial charge in [0.15, 0.2) is 5.84 Å². The number of nitrogens with zero attached hydrogens (tertiary/aromatic N) is 2. The number of amides is 1. The van der Waals surface area contributed by atoms with Crippen molar-refractivity contribution in [3.63, 3.8) is 0 Å². The lowest BCUT2D eigenvalue weighted by atomic mass is 9.81. The summed E-state index contributed by atoms with van der Waals surface area (Å²) in [5, 5.41) is 0. The quantitative estimate of drug-likeness (QED) is 0.604. The van der Waals surface area contributed by atoms with Crippen molar-refractivity contribution in [3.05, 3.63) is 53.6 Å². The maximum atomic E-state index is 13.2. The molecule has 2 aliphatic heterocycles. The van der Waals surface area contributed by atoms with E-state index in [1.54, 1.807) is 25.3 Å². The first kappa shape index (κ1) is 24.8. The number of ether oxygens (including phenoxy) is 2. The molecule has 0 bridgehead atoms. The minimum absolute atomic E-state index is 0.104. The maximum absolute atomic E-state index is 13.2. The number of carbonyl (C=O) groups excluding carboxylic acids is 1. The molecule has 0 aliphatic carbocycles. The Hall–Kier alpha value is -3.27. The zero-order valence-corrected chi connectivity index (χ0v) is 21.0. The molecule has 2 aliphatic rings. The largest absolute Gasteiger partial charge is 0.496 e. The van der Waals surface area contributed by atoms with Gasteiger partial charge in [-0.15, -0.1) is 4.40 Å². The number of hydrogen-bond donors (Lipinski definition) is 2. The van der Waals surface area contributed by atoms with E-state index in [2.05, 4.69) is 29.0 Å². The van der Waals surface area contributed by atoms with Gasteiger partial charge in [0.25, 0.3) is 0 Å². The number of hydrogen-bond acceptors (Lipinski definition) is 6. The van der Waals surface area contributed by atoms with Gasteiger partial charge in [-0.1, -0.05) is 26.0 Å². The summed E-state index contributed by atoms with van der Waals surface area (Å²) in [6, 6.07) is 13.9. The summed E-state index contributed by atoms with van der Waals surface area (Å²) in [5.41, 5.74) is 7.38. The van der Waals surface area contributed by atoms with Gasteiger partial charge in [-0.25, -0.2) is 0 Å². The molecule has 1 radical (unpaired) electrons. The smallest absolute Gasteiger partial charge is 0.344 e. The SMILES string of the molecule is COc1[c]cc(C(C)(C)CC(=O)N2CCC[C@H](COc3cccc4c3C(N)=NS(=O)(=O)N4)C2)cc1. The van der Waals surface area contributed by atoms with E-state index in [1.165, 1.54) is 0 Å². The predicted octanol–water partition coefficient (Wildman–Crippen LogP) is 2.86. The fourth-order valence-electron chi connectivity index (χ4n) is 4.52. The molecule has 0 aromatic heterocycles. The Bertz CT molecular complexity index is 1220. The van der Waals surface area contributed by atoms with Crippen LogP contribution in [0.2, 0.25) is 0 Å².